The summed E-state index contributed by atoms with van der Waals surface area (Å²) in [6.45, 7) is 2.89. The molecular weight excluding hydrogens is 377 g/mol. The van der Waals surface area contributed by atoms with E-state index in [4.69, 9.17) is 4.74 Å². The number of halogens is 1. The molecule has 144 valence electrons. The van der Waals surface area contributed by atoms with Gasteiger partial charge >= 0.3 is 11.9 Å². The third kappa shape index (κ3) is 5.04. The first kappa shape index (κ1) is 20.4. The molecule has 0 bridgehead atoms. The van der Waals surface area contributed by atoms with Crippen LogP contribution in [0.15, 0.2) is 47.4 Å². The lowest BCUT2D eigenvalue weighted by Gasteiger charge is -2.13. The summed E-state index contributed by atoms with van der Waals surface area (Å²) in [5, 5.41) is 0. The second-order valence-corrected chi connectivity index (χ2v) is 7.32. The molecule has 0 amide bonds. The lowest BCUT2D eigenvalue weighted by molar-refractivity contribution is -0.149. The quantitative estimate of drug-likeness (QED) is 0.755. The van der Waals surface area contributed by atoms with E-state index in [9.17, 15) is 22.4 Å². The van der Waals surface area contributed by atoms with E-state index in [0.717, 1.165) is 19.2 Å². The summed E-state index contributed by atoms with van der Waals surface area (Å²) in [5.41, 5.74) is 0.479. The molecule has 1 N–H and O–H groups in total. The fourth-order valence-corrected chi connectivity index (χ4v) is 3.53. The topological polar surface area (TPSA) is 98.8 Å². The highest BCUT2D eigenvalue weighted by Crippen LogP contribution is 2.21. The van der Waals surface area contributed by atoms with Crippen LogP contribution in [-0.4, -0.2) is 33.6 Å². The first-order valence-electron chi connectivity index (χ1n) is 7.82. The van der Waals surface area contributed by atoms with Gasteiger partial charge in [0.05, 0.1) is 17.6 Å². The van der Waals surface area contributed by atoms with E-state index in [-0.39, 0.29) is 16.1 Å². The monoisotopic (exact) mass is 395 g/mol. The third-order valence-corrected chi connectivity index (χ3v) is 5.13. The van der Waals surface area contributed by atoms with Crippen LogP contribution in [0.4, 0.5) is 10.1 Å². The second kappa shape index (κ2) is 8.17. The Morgan fingerprint density at radius 1 is 1.15 bits per heavy atom. The minimum Gasteiger partial charge on any atom is -0.466 e. The highest BCUT2D eigenvalue weighted by molar-refractivity contribution is 7.92. The van der Waals surface area contributed by atoms with Gasteiger partial charge in [-0.25, -0.2) is 22.4 Å². The van der Waals surface area contributed by atoms with Crippen LogP contribution in [0.2, 0.25) is 0 Å². The molecule has 27 heavy (non-hydrogen) atoms. The van der Waals surface area contributed by atoms with Gasteiger partial charge in [-0.2, -0.15) is 0 Å². The molecule has 0 heterocycles. The molecule has 0 unspecified atom stereocenters. The largest absolute Gasteiger partial charge is 0.466 e. The van der Waals surface area contributed by atoms with Crippen molar-refractivity contribution < 1.29 is 31.9 Å². The number of carbonyl (C=O) groups excluding carboxylic acids is 2. The average Bonchev–Trinajstić information content (AvgIpc) is 2.62. The van der Waals surface area contributed by atoms with Gasteiger partial charge in [-0.1, -0.05) is 12.1 Å². The minimum absolute atomic E-state index is 0.0296. The van der Waals surface area contributed by atoms with Crippen molar-refractivity contribution in [2.75, 3.05) is 11.8 Å². The van der Waals surface area contributed by atoms with Gasteiger partial charge in [0.1, 0.15) is 5.82 Å². The average molecular weight is 395 g/mol. The smallest absolute Gasteiger partial charge is 0.346 e. The molecule has 0 aromatic heterocycles. The third-order valence-electron chi connectivity index (χ3n) is 3.61. The van der Waals surface area contributed by atoms with E-state index in [1.807, 2.05) is 0 Å². The second-order valence-electron chi connectivity index (χ2n) is 5.67. The van der Waals surface area contributed by atoms with Crippen molar-refractivity contribution in [2.24, 2.45) is 0 Å². The van der Waals surface area contributed by atoms with Crippen molar-refractivity contribution in [3.63, 3.8) is 0 Å². The van der Waals surface area contributed by atoms with Crippen molar-refractivity contribution in [1.82, 2.24) is 0 Å². The summed E-state index contributed by atoms with van der Waals surface area (Å²) in [6, 6.07) is 8.94. The molecule has 2 aromatic carbocycles. The zero-order valence-electron chi connectivity index (χ0n) is 14.9. The van der Waals surface area contributed by atoms with Crippen LogP contribution < -0.4 is 4.72 Å². The Labute approximate surface area is 156 Å². The molecule has 0 radical (unpaired) electrons. The van der Waals surface area contributed by atoms with Crippen LogP contribution in [0.5, 0.6) is 0 Å². The van der Waals surface area contributed by atoms with Gasteiger partial charge in [0, 0.05) is 5.69 Å². The van der Waals surface area contributed by atoms with E-state index in [2.05, 4.69) is 9.46 Å². The Kier molecular flexibility index (Phi) is 6.17. The number of ether oxygens (including phenoxy) is 2. The molecule has 0 spiro atoms. The number of aryl methyl sites for hydroxylation is 1. The van der Waals surface area contributed by atoms with Crippen molar-refractivity contribution in [1.29, 1.82) is 0 Å². The van der Waals surface area contributed by atoms with E-state index >= 15 is 0 Å². The zero-order chi connectivity index (χ0) is 20.2. The number of methoxy groups -OCH3 is 1. The van der Waals surface area contributed by atoms with Crippen LogP contribution in [0.1, 0.15) is 22.8 Å². The number of sulfonamides is 1. The number of hydrogen-bond donors (Lipinski definition) is 1. The molecule has 0 saturated heterocycles. The molecule has 2 aromatic rings. The predicted molar refractivity (Wildman–Crippen MR) is 95.3 cm³/mol. The highest BCUT2D eigenvalue weighted by atomic mass is 32.2. The number of anilines is 1. The lowest BCUT2D eigenvalue weighted by atomic mass is 10.2. The maximum Gasteiger partial charge on any atom is 0.346 e. The molecule has 0 aliphatic rings. The SMILES string of the molecule is COC(=O)[C@H](C)OC(=O)c1cccc(NS(=O)(=O)c2cc(F)ccc2C)c1. The molecule has 0 saturated carbocycles. The standard InChI is InChI=1S/C18H18FNO6S/c1-11-7-8-14(19)10-16(11)27(23,24)20-15-6-4-5-13(9-15)18(22)26-12(2)17(21)25-3/h4-10,12,20H,1-3H3/t12-/m0/s1. The van der Waals surface area contributed by atoms with E-state index in [1.165, 1.54) is 44.2 Å². The summed E-state index contributed by atoms with van der Waals surface area (Å²) >= 11 is 0. The Hall–Kier alpha value is -2.94. The molecular formula is C18H18FNO6S. The predicted octanol–water partition coefficient (Wildman–Crippen LogP) is 2.65. The van der Waals surface area contributed by atoms with Gasteiger partial charge in [-0.3, -0.25) is 4.72 Å². The van der Waals surface area contributed by atoms with E-state index < -0.39 is 33.9 Å². The Morgan fingerprint density at radius 3 is 2.52 bits per heavy atom. The molecule has 7 nitrogen and oxygen atoms in total. The normalized spacial score (nSPS) is 12.1. The molecule has 1 atom stereocenters. The van der Waals surface area contributed by atoms with Gasteiger partial charge in [0.25, 0.3) is 10.0 Å². The Morgan fingerprint density at radius 2 is 1.85 bits per heavy atom. The van der Waals surface area contributed by atoms with E-state index in [0.29, 0.717) is 5.56 Å². The summed E-state index contributed by atoms with van der Waals surface area (Å²) in [5.74, 6) is -2.23. The van der Waals surface area contributed by atoms with Crippen molar-refractivity contribution >= 4 is 27.6 Å². The molecule has 9 heteroatoms. The summed E-state index contributed by atoms with van der Waals surface area (Å²) in [7, 11) is -2.90. The number of nitrogens with one attached hydrogen (secondary N) is 1. The fraction of sp³-hybridized carbons (Fsp3) is 0.222. The Bertz CT molecular complexity index is 974. The summed E-state index contributed by atoms with van der Waals surface area (Å²) in [6.07, 6.45) is -1.11. The molecule has 2 rings (SSSR count). The van der Waals surface area contributed by atoms with Crippen LogP contribution >= 0.6 is 0 Å². The molecule has 0 aliphatic carbocycles. The van der Waals surface area contributed by atoms with Gasteiger partial charge < -0.3 is 9.47 Å². The first-order chi connectivity index (χ1) is 12.6. The summed E-state index contributed by atoms with van der Waals surface area (Å²) in [4.78, 5) is 23.2. The van der Waals surface area contributed by atoms with Gasteiger partial charge in [-0.15, -0.1) is 0 Å². The van der Waals surface area contributed by atoms with Crippen molar-refractivity contribution in [3.05, 3.63) is 59.4 Å². The number of carbonyl (C=O) groups is 2. The Balaban J connectivity index is 2.23. The van der Waals surface area contributed by atoms with Crippen LogP contribution in [0.25, 0.3) is 0 Å². The maximum atomic E-state index is 13.4. The van der Waals surface area contributed by atoms with Gasteiger partial charge in [0.15, 0.2) is 6.10 Å². The first-order valence-corrected chi connectivity index (χ1v) is 9.30. The van der Waals surface area contributed by atoms with Crippen LogP contribution in [-0.2, 0) is 24.3 Å². The summed E-state index contributed by atoms with van der Waals surface area (Å²) < 4.78 is 50.1. The van der Waals surface area contributed by atoms with Gasteiger partial charge in [-0.05, 0) is 49.7 Å². The van der Waals surface area contributed by atoms with Crippen LogP contribution in [0, 0.1) is 12.7 Å². The zero-order valence-corrected chi connectivity index (χ0v) is 15.7. The number of esters is 2. The van der Waals surface area contributed by atoms with Crippen LogP contribution in [0.3, 0.4) is 0 Å². The molecule has 0 fully saturated rings. The fourth-order valence-electron chi connectivity index (χ4n) is 2.23. The molecule has 0 aliphatic heterocycles. The maximum absolute atomic E-state index is 13.4. The van der Waals surface area contributed by atoms with Gasteiger partial charge in [0.2, 0.25) is 0 Å². The number of benzene rings is 2. The number of rotatable bonds is 6. The van der Waals surface area contributed by atoms with E-state index in [1.54, 1.807) is 0 Å². The lowest BCUT2D eigenvalue weighted by Crippen LogP contribution is -2.25. The number of hydrogen-bond acceptors (Lipinski definition) is 6. The van der Waals surface area contributed by atoms with Crippen molar-refractivity contribution in [3.8, 4) is 0 Å². The minimum atomic E-state index is -4.07. The highest BCUT2D eigenvalue weighted by Gasteiger charge is 2.21. The van der Waals surface area contributed by atoms with Crippen molar-refractivity contribution in [2.45, 2.75) is 24.8 Å².